The standard InChI is InChI=1S/C28H31FN8O3/c1-4-23(38)37-11-8-17(9-12-37)25(30)24-26(31)33-15-34-27(24)35-21-6-5-18(13-20(21)29)40-19-7-10-32-22(14-19)36-28(39)16(2)3/h4-7,10,13-17,30H,1,8-9,11-12H2,2-3H3,(H,32,36,39)(H3,31,33,34,35)/p+1. The fourth-order valence-electron chi connectivity index (χ4n) is 4.26. The molecule has 4 rings (SSSR count). The summed E-state index contributed by atoms with van der Waals surface area (Å²) in [6, 6.07) is 7.46. The van der Waals surface area contributed by atoms with Crippen molar-refractivity contribution in [3.8, 4) is 11.5 Å². The average molecular weight is 548 g/mol. The maximum Gasteiger partial charge on any atom is 0.245 e. The molecule has 1 aromatic carbocycles. The molecule has 2 amide bonds. The van der Waals surface area contributed by atoms with E-state index in [1.807, 2.05) is 0 Å². The van der Waals surface area contributed by atoms with Gasteiger partial charge in [-0.15, -0.1) is 0 Å². The molecule has 3 heterocycles. The Hall–Kier alpha value is -4.87. The van der Waals surface area contributed by atoms with Crippen molar-refractivity contribution in [2.24, 2.45) is 11.8 Å². The molecule has 0 bridgehead atoms. The summed E-state index contributed by atoms with van der Waals surface area (Å²) < 4.78 is 20.9. The number of nitrogens with one attached hydrogen (secondary N) is 2. The van der Waals surface area contributed by atoms with Gasteiger partial charge in [-0.2, -0.15) is 0 Å². The van der Waals surface area contributed by atoms with Crippen molar-refractivity contribution >= 4 is 40.7 Å². The quantitative estimate of drug-likeness (QED) is 0.235. The van der Waals surface area contributed by atoms with Crippen LogP contribution in [0.1, 0.15) is 32.3 Å². The molecule has 6 N–H and O–H groups in total. The van der Waals surface area contributed by atoms with Crippen LogP contribution in [0.2, 0.25) is 0 Å². The van der Waals surface area contributed by atoms with Gasteiger partial charge in [-0.3, -0.25) is 15.0 Å². The predicted molar refractivity (Wildman–Crippen MR) is 149 cm³/mol. The predicted octanol–water partition coefficient (Wildman–Crippen LogP) is 2.70. The fourth-order valence-corrected chi connectivity index (χ4v) is 4.26. The highest BCUT2D eigenvalue weighted by molar-refractivity contribution is 6.06. The number of aromatic nitrogens is 3. The molecule has 1 aliphatic rings. The SMILES string of the molecule is C=CC(=O)N1CCC(C(=[NH2+])c2c(N)ncnc2Nc2ccc(Oc3ccnc(NC(=O)C(C)C)c3)cc2F)CC1. The van der Waals surface area contributed by atoms with Crippen LogP contribution in [0.3, 0.4) is 0 Å². The number of likely N-dealkylation sites (tertiary alicyclic amines) is 1. The molecule has 12 heteroatoms. The van der Waals surface area contributed by atoms with Gasteiger partial charge in [-0.25, -0.2) is 19.3 Å². The summed E-state index contributed by atoms with van der Waals surface area (Å²) in [6.45, 7) is 8.15. The summed E-state index contributed by atoms with van der Waals surface area (Å²) in [6.07, 6.45) is 5.33. The molecule has 40 heavy (non-hydrogen) atoms. The van der Waals surface area contributed by atoms with Crippen LogP contribution < -0.4 is 26.5 Å². The Morgan fingerprint density at radius 3 is 2.58 bits per heavy atom. The average Bonchev–Trinajstić information content (AvgIpc) is 2.94. The lowest BCUT2D eigenvalue weighted by atomic mass is 9.88. The second-order valence-corrected chi connectivity index (χ2v) is 9.63. The minimum Gasteiger partial charge on any atom is -0.457 e. The Morgan fingerprint density at radius 1 is 1.18 bits per heavy atom. The van der Waals surface area contributed by atoms with E-state index in [1.165, 1.54) is 30.7 Å². The zero-order valence-corrected chi connectivity index (χ0v) is 22.4. The Kier molecular flexibility index (Phi) is 8.67. The first-order chi connectivity index (χ1) is 19.2. The van der Waals surface area contributed by atoms with Crippen LogP contribution in [0, 0.1) is 17.7 Å². The lowest BCUT2D eigenvalue weighted by Crippen LogP contribution is -2.49. The third kappa shape index (κ3) is 6.57. The molecule has 0 spiro atoms. The second-order valence-electron chi connectivity index (χ2n) is 9.63. The number of anilines is 4. The number of amides is 2. The van der Waals surface area contributed by atoms with Crippen LogP contribution in [0.15, 0.2) is 55.5 Å². The summed E-state index contributed by atoms with van der Waals surface area (Å²) in [5.74, 6) is 0.217. The third-order valence-electron chi connectivity index (χ3n) is 6.52. The zero-order valence-electron chi connectivity index (χ0n) is 22.4. The molecule has 1 saturated heterocycles. The number of nitrogens with two attached hydrogens (primary N) is 2. The number of piperidine rings is 1. The number of carbonyl (C=O) groups excluding carboxylic acids is 2. The number of hydrogen-bond donors (Lipinski definition) is 4. The topological polar surface area (TPSA) is 161 Å². The summed E-state index contributed by atoms with van der Waals surface area (Å²) in [5, 5.41) is 12.2. The van der Waals surface area contributed by atoms with Gasteiger partial charge < -0.3 is 26.0 Å². The van der Waals surface area contributed by atoms with E-state index in [-0.39, 0.29) is 46.7 Å². The Morgan fingerprint density at radius 2 is 1.90 bits per heavy atom. The van der Waals surface area contributed by atoms with Crippen LogP contribution >= 0.6 is 0 Å². The maximum absolute atomic E-state index is 15.1. The summed E-state index contributed by atoms with van der Waals surface area (Å²) in [4.78, 5) is 38.0. The van der Waals surface area contributed by atoms with Crippen molar-refractivity contribution in [3.05, 3.63) is 66.9 Å². The van der Waals surface area contributed by atoms with Crippen molar-refractivity contribution in [1.82, 2.24) is 19.9 Å². The van der Waals surface area contributed by atoms with Gasteiger partial charge in [0.15, 0.2) is 5.71 Å². The number of ether oxygens (including phenoxy) is 1. The lowest BCUT2D eigenvalue weighted by molar-refractivity contribution is -0.129. The molecule has 0 unspecified atom stereocenters. The first kappa shape index (κ1) is 28.1. The molecule has 0 radical (unpaired) electrons. The van der Waals surface area contributed by atoms with E-state index in [0.717, 1.165) is 0 Å². The number of nitrogens with zero attached hydrogens (tertiary/aromatic N) is 4. The Balaban J connectivity index is 1.48. The summed E-state index contributed by atoms with van der Waals surface area (Å²) in [5.41, 5.74) is 7.18. The minimum absolute atomic E-state index is 0.0566. The lowest BCUT2D eigenvalue weighted by Gasteiger charge is -2.30. The van der Waals surface area contributed by atoms with E-state index < -0.39 is 5.82 Å². The van der Waals surface area contributed by atoms with Crippen molar-refractivity contribution in [1.29, 1.82) is 0 Å². The highest BCUT2D eigenvalue weighted by atomic mass is 19.1. The molecular weight excluding hydrogens is 515 g/mol. The molecule has 0 aliphatic carbocycles. The summed E-state index contributed by atoms with van der Waals surface area (Å²) >= 11 is 0. The molecule has 11 nitrogen and oxygen atoms in total. The van der Waals surface area contributed by atoms with Gasteiger partial charge in [0.05, 0.1) is 5.69 Å². The monoisotopic (exact) mass is 547 g/mol. The van der Waals surface area contributed by atoms with Gasteiger partial charge in [0, 0.05) is 43.3 Å². The first-order valence-electron chi connectivity index (χ1n) is 12.8. The minimum atomic E-state index is -0.599. The van der Waals surface area contributed by atoms with Crippen LogP contribution in [0.25, 0.3) is 0 Å². The largest absolute Gasteiger partial charge is 0.457 e. The number of halogens is 1. The molecule has 0 saturated carbocycles. The highest BCUT2D eigenvalue weighted by Crippen LogP contribution is 2.31. The summed E-state index contributed by atoms with van der Waals surface area (Å²) in [7, 11) is 0. The van der Waals surface area contributed by atoms with Crippen molar-refractivity contribution in [2.75, 3.05) is 29.5 Å². The number of nitrogen functional groups attached to an aromatic ring is 1. The molecule has 0 atom stereocenters. The van der Waals surface area contributed by atoms with Gasteiger partial charge >= 0.3 is 0 Å². The third-order valence-corrected chi connectivity index (χ3v) is 6.52. The number of benzene rings is 1. The van der Waals surface area contributed by atoms with E-state index >= 15 is 4.39 Å². The van der Waals surface area contributed by atoms with Gasteiger partial charge in [-0.1, -0.05) is 20.4 Å². The Bertz CT molecular complexity index is 1440. The van der Waals surface area contributed by atoms with Crippen LogP contribution in [0.4, 0.5) is 27.5 Å². The van der Waals surface area contributed by atoms with Crippen LogP contribution in [-0.4, -0.2) is 50.5 Å². The number of hydrogen-bond acceptors (Lipinski definition) is 8. The zero-order chi connectivity index (χ0) is 28.8. The number of rotatable bonds is 9. The van der Waals surface area contributed by atoms with Gasteiger partial charge in [-0.05, 0) is 37.1 Å². The maximum atomic E-state index is 15.1. The van der Waals surface area contributed by atoms with E-state index in [4.69, 9.17) is 15.9 Å². The number of pyridine rings is 1. The van der Waals surface area contributed by atoms with E-state index in [9.17, 15) is 9.59 Å². The van der Waals surface area contributed by atoms with Crippen molar-refractivity contribution in [3.63, 3.8) is 0 Å². The van der Waals surface area contributed by atoms with Crippen LogP contribution in [0.5, 0.6) is 11.5 Å². The van der Waals surface area contributed by atoms with Crippen molar-refractivity contribution < 1.29 is 24.1 Å². The van der Waals surface area contributed by atoms with E-state index in [1.54, 1.807) is 36.9 Å². The Labute approximate surface area is 231 Å². The van der Waals surface area contributed by atoms with Gasteiger partial charge in [0.2, 0.25) is 11.8 Å². The molecular formula is C28H32FN8O3+. The molecule has 1 aliphatic heterocycles. The highest BCUT2D eigenvalue weighted by Gasteiger charge is 2.31. The van der Waals surface area contributed by atoms with E-state index in [0.29, 0.717) is 48.8 Å². The molecule has 208 valence electrons. The van der Waals surface area contributed by atoms with E-state index in [2.05, 4.69) is 32.2 Å². The first-order valence-corrected chi connectivity index (χ1v) is 12.8. The van der Waals surface area contributed by atoms with Gasteiger partial charge in [0.1, 0.15) is 46.7 Å². The van der Waals surface area contributed by atoms with Crippen LogP contribution in [-0.2, 0) is 9.59 Å². The van der Waals surface area contributed by atoms with Crippen molar-refractivity contribution in [2.45, 2.75) is 26.7 Å². The fraction of sp³-hybridized carbons (Fsp3) is 0.286. The normalized spacial score (nSPS) is 13.6. The molecule has 2 aromatic heterocycles. The smallest absolute Gasteiger partial charge is 0.245 e. The number of carbonyl (C=O) groups is 2. The second kappa shape index (κ2) is 12.3. The molecule has 1 fully saturated rings. The molecule has 3 aromatic rings. The van der Waals surface area contributed by atoms with Gasteiger partial charge in [0.25, 0.3) is 0 Å².